The van der Waals surface area contributed by atoms with Crippen molar-refractivity contribution in [2.45, 2.75) is 6.54 Å². The van der Waals surface area contributed by atoms with E-state index in [1.165, 1.54) is 6.39 Å². The Labute approximate surface area is 59.8 Å². The highest BCUT2D eigenvalue weighted by Crippen LogP contribution is 1.93. The first-order chi connectivity index (χ1) is 4.93. The summed E-state index contributed by atoms with van der Waals surface area (Å²) in [6.45, 7) is 5.08. The maximum Gasteiger partial charge on any atom is 0.180 e. The van der Waals surface area contributed by atoms with Gasteiger partial charge in [0, 0.05) is 6.54 Å². The van der Waals surface area contributed by atoms with E-state index in [2.05, 4.69) is 16.9 Å². The SMILES string of the molecule is C=CCNCc1cnco1. The van der Waals surface area contributed by atoms with E-state index in [1.807, 2.05) is 0 Å². The summed E-state index contributed by atoms with van der Waals surface area (Å²) in [5.41, 5.74) is 0. The van der Waals surface area contributed by atoms with Crippen molar-refractivity contribution in [1.82, 2.24) is 10.3 Å². The van der Waals surface area contributed by atoms with Gasteiger partial charge < -0.3 is 9.73 Å². The van der Waals surface area contributed by atoms with Crippen LogP contribution in [0.15, 0.2) is 29.7 Å². The fourth-order valence-corrected chi connectivity index (χ4v) is 0.627. The fraction of sp³-hybridized carbons (Fsp3) is 0.286. The van der Waals surface area contributed by atoms with Crippen molar-refractivity contribution in [3.63, 3.8) is 0 Å². The molecule has 0 saturated carbocycles. The molecule has 0 aliphatic heterocycles. The van der Waals surface area contributed by atoms with Gasteiger partial charge in [0.2, 0.25) is 0 Å². The van der Waals surface area contributed by atoms with E-state index >= 15 is 0 Å². The van der Waals surface area contributed by atoms with Gasteiger partial charge in [-0.05, 0) is 0 Å². The molecule has 54 valence electrons. The summed E-state index contributed by atoms with van der Waals surface area (Å²) in [6.07, 6.45) is 4.91. The van der Waals surface area contributed by atoms with Crippen molar-refractivity contribution in [1.29, 1.82) is 0 Å². The summed E-state index contributed by atoms with van der Waals surface area (Å²) in [6, 6.07) is 0. The van der Waals surface area contributed by atoms with Gasteiger partial charge in [0.05, 0.1) is 12.7 Å². The van der Waals surface area contributed by atoms with E-state index in [4.69, 9.17) is 4.42 Å². The lowest BCUT2D eigenvalue weighted by Gasteiger charge is -1.94. The summed E-state index contributed by atoms with van der Waals surface area (Å²) in [5, 5.41) is 3.09. The van der Waals surface area contributed by atoms with E-state index in [9.17, 15) is 0 Å². The second-order valence-corrected chi connectivity index (χ2v) is 1.89. The third-order valence-electron chi connectivity index (χ3n) is 1.07. The predicted octanol–water partition coefficient (Wildman–Crippen LogP) is 0.950. The molecule has 0 aliphatic carbocycles. The highest BCUT2D eigenvalue weighted by Gasteiger charge is 1.91. The molecule has 1 aromatic heterocycles. The van der Waals surface area contributed by atoms with Crippen molar-refractivity contribution < 1.29 is 4.42 Å². The third-order valence-corrected chi connectivity index (χ3v) is 1.07. The Balaban J connectivity index is 2.21. The van der Waals surface area contributed by atoms with Gasteiger partial charge in [-0.25, -0.2) is 4.98 Å². The molecule has 0 atom stereocenters. The molecule has 1 aromatic rings. The molecule has 0 spiro atoms. The second-order valence-electron chi connectivity index (χ2n) is 1.89. The van der Waals surface area contributed by atoms with Crippen LogP contribution in [0.2, 0.25) is 0 Å². The fourth-order valence-electron chi connectivity index (χ4n) is 0.627. The Morgan fingerprint density at radius 1 is 1.80 bits per heavy atom. The second kappa shape index (κ2) is 3.85. The van der Waals surface area contributed by atoms with Crippen LogP contribution in [0.1, 0.15) is 5.76 Å². The minimum Gasteiger partial charge on any atom is -0.447 e. The van der Waals surface area contributed by atoms with Gasteiger partial charge in [0.1, 0.15) is 5.76 Å². The maximum atomic E-state index is 4.97. The highest BCUT2D eigenvalue weighted by atomic mass is 16.3. The van der Waals surface area contributed by atoms with E-state index in [-0.39, 0.29) is 0 Å². The molecule has 3 heteroatoms. The lowest BCUT2D eigenvalue weighted by molar-refractivity contribution is 0.486. The van der Waals surface area contributed by atoms with E-state index in [0.29, 0.717) is 6.54 Å². The van der Waals surface area contributed by atoms with Crippen LogP contribution < -0.4 is 5.32 Å². The standard InChI is InChI=1S/C7H10N2O/c1-2-3-8-4-7-5-9-6-10-7/h2,5-6,8H,1,3-4H2. The van der Waals surface area contributed by atoms with Crippen LogP contribution in [0, 0.1) is 0 Å². The number of rotatable bonds is 4. The Bertz CT molecular complexity index is 181. The lowest BCUT2D eigenvalue weighted by atomic mass is 10.5. The Kier molecular flexibility index (Phi) is 2.70. The zero-order valence-electron chi connectivity index (χ0n) is 5.71. The molecule has 0 radical (unpaired) electrons. The van der Waals surface area contributed by atoms with Crippen LogP contribution >= 0.6 is 0 Å². The summed E-state index contributed by atoms with van der Waals surface area (Å²) in [7, 11) is 0. The van der Waals surface area contributed by atoms with Crippen molar-refractivity contribution in [2.75, 3.05) is 6.54 Å². The normalized spacial score (nSPS) is 9.60. The summed E-state index contributed by atoms with van der Waals surface area (Å²) in [5.74, 6) is 0.849. The molecular weight excluding hydrogens is 128 g/mol. The third kappa shape index (κ3) is 2.03. The van der Waals surface area contributed by atoms with Crippen molar-refractivity contribution >= 4 is 0 Å². The van der Waals surface area contributed by atoms with E-state index < -0.39 is 0 Å². The van der Waals surface area contributed by atoms with Gasteiger partial charge in [-0.2, -0.15) is 0 Å². The largest absolute Gasteiger partial charge is 0.447 e. The zero-order chi connectivity index (χ0) is 7.23. The molecule has 0 bridgehead atoms. The first-order valence-corrected chi connectivity index (χ1v) is 3.12. The predicted molar refractivity (Wildman–Crippen MR) is 38.4 cm³/mol. The molecular formula is C7H10N2O. The number of nitrogens with zero attached hydrogens (tertiary/aromatic N) is 1. The Hall–Kier alpha value is -1.09. The van der Waals surface area contributed by atoms with Gasteiger partial charge in [0.25, 0.3) is 0 Å². The lowest BCUT2D eigenvalue weighted by Crippen LogP contribution is -2.11. The first-order valence-electron chi connectivity index (χ1n) is 3.12. The smallest absolute Gasteiger partial charge is 0.180 e. The van der Waals surface area contributed by atoms with Gasteiger partial charge in [-0.1, -0.05) is 6.08 Å². The Morgan fingerprint density at radius 2 is 2.70 bits per heavy atom. The Morgan fingerprint density at radius 3 is 3.30 bits per heavy atom. The average Bonchev–Trinajstić information content (AvgIpc) is 2.41. The molecule has 0 aromatic carbocycles. The quantitative estimate of drug-likeness (QED) is 0.497. The molecule has 0 saturated heterocycles. The minimum absolute atomic E-state index is 0.714. The summed E-state index contributed by atoms with van der Waals surface area (Å²) in [4.78, 5) is 3.77. The van der Waals surface area contributed by atoms with Crippen LogP contribution in [0.25, 0.3) is 0 Å². The molecule has 1 N–H and O–H groups in total. The highest BCUT2D eigenvalue weighted by molar-refractivity contribution is 4.87. The number of oxazole rings is 1. The molecule has 0 unspecified atom stereocenters. The molecule has 1 heterocycles. The van der Waals surface area contributed by atoms with Gasteiger partial charge in [0.15, 0.2) is 6.39 Å². The van der Waals surface area contributed by atoms with Crippen LogP contribution in [0.5, 0.6) is 0 Å². The summed E-state index contributed by atoms with van der Waals surface area (Å²) >= 11 is 0. The van der Waals surface area contributed by atoms with Gasteiger partial charge in [-0.3, -0.25) is 0 Å². The molecule has 3 nitrogen and oxygen atoms in total. The average molecular weight is 138 g/mol. The van der Waals surface area contributed by atoms with Crippen molar-refractivity contribution in [3.8, 4) is 0 Å². The maximum absolute atomic E-state index is 4.97. The molecule has 0 amide bonds. The van der Waals surface area contributed by atoms with Crippen LogP contribution in [-0.2, 0) is 6.54 Å². The van der Waals surface area contributed by atoms with Crippen LogP contribution in [0.3, 0.4) is 0 Å². The molecule has 0 fully saturated rings. The van der Waals surface area contributed by atoms with Crippen molar-refractivity contribution in [2.24, 2.45) is 0 Å². The minimum atomic E-state index is 0.714. The van der Waals surface area contributed by atoms with Gasteiger partial charge in [-0.15, -0.1) is 6.58 Å². The number of nitrogens with one attached hydrogen (secondary N) is 1. The van der Waals surface area contributed by atoms with E-state index in [1.54, 1.807) is 12.3 Å². The molecule has 1 rings (SSSR count). The van der Waals surface area contributed by atoms with Crippen molar-refractivity contribution in [3.05, 3.63) is 31.0 Å². The summed E-state index contributed by atoms with van der Waals surface area (Å²) < 4.78 is 4.97. The van der Waals surface area contributed by atoms with E-state index in [0.717, 1.165) is 12.3 Å². The monoisotopic (exact) mass is 138 g/mol. The first kappa shape index (κ1) is 7.02. The van der Waals surface area contributed by atoms with Gasteiger partial charge >= 0.3 is 0 Å². The number of hydrogen-bond acceptors (Lipinski definition) is 3. The van der Waals surface area contributed by atoms with Crippen LogP contribution in [-0.4, -0.2) is 11.5 Å². The van der Waals surface area contributed by atoms with Crippen LogP contribution in [0.4, 0.5) is 0 Å². The number of aromatic nitrogens is 1. The topological polar surface area (TPSA) is 38.1 Å². The molecule has 10 heavy (non-hydrogen) atoms. The number of hydrogen-bond donors (Lipinski definition) is 1. The zero-order valence-corrected chi connectivity index (χ0v) is 5.71. The molecule has 0 aliphatic rings.